The molecule has 0 amide bonds. The summed E-state index contributed by atoms with van der Waals surface area (Å²) in [5, 5.41) is 7.67. The minimum Gasteiger partial charge on any atom is -0.308 e. The largest absolute Gasteiger partial charge is 0.308 e. The average Bonchev–Trinajstić information content (AvgIpc) is 2.45. The number of aryl methyl sites for hydroxylation is 1. The first-order valence-corrected chi connectivity index (χ1v) is 7.15. The molecule has 1 N–H and O–H groups in total. The molecule has 0 fully saturated rings. The Morgan fingerprint density at radius 3 is 2.60 bits per heavy atom. The van der Waals surface area contributed by atoms with E-state index in [0.29, 0.717) is 5.92 Å². The average molecular weight is 267 g/mol. The zero-order valence-corrected chi connectivity index (χ0v) is 13.0. The van der Waals surface area contributed by atoms with Crippen molar-refractivity contribution in [1.29, 1.82) is 5.41 Å². The summed E-state index contributed by atoms with van der Waals surface area (Å²) in [6.45, 7) is 12.5. The van der Waals surface area contributed by atoms with E-state index in [9.17, 15) is 0 Å². The zero-order valence-electron chi connectivity index (χ0n) is 13.0. The summed E-state index contributed by atoms with van der Waals surface area (Å²) >= 11 is 0. The predicted molar refractivity (Wildman–Crippen MR) is 90.3 cm³/mol. The lowest BCUT2D eigenvalue weighted by atomic mass is 9.92. The molecule has 1 unspecified atom stereocenters. The molecule has 1 heteroatoms. The molecular formula is C19H25N. The topological polar surface area (TPSA) is 23.9 Å². The maximum atomic E-state index is 7.67. The highest BCUT2D eigenvalue weighted by atomic mass is 14.3. The highest BCUT2D eigenvalue weighted by Gasteiger charge is 2.07. The second kappa shape index (κ2) is 7.64. The van der Waals surface area contributed by atoms with E-state index in [0.717, 1.165) is 17.6 Å². The summed E-state index contributed by atoms with van der Waals surface area (Å²) in [4.78, 5) is 0. The van der Waals surface area contributed by atoms with E-state index in [1.807, 2.05) is 18.2 Å². The second-order valence-corrected chi connectivity index (χ2v) is 5.27. The summed E-state index contributed by atoms with van der Waals surface area (Å²) in [6.07, 6.45) is 6.55. The van der Waals surface area contributed by atoms with Crippen LogP contribution in [0.25, 0.3) is 5.57 Å². The van der Waals surface area contributed by atoms with Gasteiger partial charge in [-0.3, -0.25) is 0 Å². The first-order chi connectivity index (χ1) is 9.53. The molecule has 0 aliphatic heterocycles. The fourth-order valence-corrected chi connectivity index (χ4v) is 2.32. The molecule has 1 aromatic rings. The van der Waals surface area contributed by atoms with Crippen molar-refractivity contribution < 1.29 is 0 Å². The van der Waals surface area contributed by atoms with Crippen LogP contribution >= 0.6 is 0 Å². The van der Waals surface area contributed by atoms with Crippen molar-refractivity contribution in [1.82, 2.24) is 0 Å². The van der Waals surface area contributed by atoms with Gasteiger partial charge in [0.25, 0.3) is 0 Å². The van der Waals surface area contributed by atoms with E-state index < -0.39 is 0 Å². The number of rotatable bonds is 6. The maximum absolute atomic E-state index is 7.67. The molecule has 0 bridgehead atoms. The Kier molecular flexibility index (Phi) is 6.17. The highest BCUT2D eigenvalue weighted by molar-refractivity contribution is 6.09. The van der Waals surface area contributed by atoms with Crippen LogP contribution in [-0.4, -0.2) is 6.21 Å². The van der Waals surface area contributed by atoms with Crippen LogP contribution in [0, 0.1) is 18.3 Å². The number of allylic oxidation sites excluding steroid dienone is 5. The minimum atomic E-state index is 0.494. The van der Waals surface area contributed by atoms with E-state index >= 15 is 0 Å². The Morgan fingerprint density at radius 2 is 2.10 bits per heavy atom. The van der Waals surface area contributed by atoms with Gasteiger partial charge in [0.05, 0.1) is 0 Å². The molecular weight excluding hydrogens is 242 g/mol. The Morgan fingerprint density at radius 1 is 1.40 bits per heavy atom. The highest BCUT2D eigenvalue weighted by Crippen LogP contribution is 2.23. The van der Waals surface area contributed by atoms with E-state index in [1.165, 1.54) is 22.9 Å². The molecule has 106 valence electrons. The fourth-order valence-electron chi connectivity index (χ4n) is 2.32. The van der Waals surface area contributed by atoms with Gasteiger partial charge in [-0.15, -0.1) is 0 Å². The van der Waals surface area contributed by atoms with Gasteiger partial charge in [-0.2, -0.15) is 0 Å². The Hall–Kier alpha value is -1.89. The predicted octanol–water partition coefficient (Wildman–Crippen LogP) is 5.58. The van der Waals surface area contributed by atoms with E-state index in [1.54, 1.807) is 0 Å². The van der Waals surface area contributed by atoms with Crippen molar-refractivity contribution in [3.63, 3.8) is 0 Å². The molecule has 20 heavy (non-hydrogen) atoms. The standard InChI is InChI=1S/C19H25N/c1-6-15(4)19(7-2)16(5)12-18(13-20)17-10-8-9-14(3)11-17/h7-13,15,20H,2,6H2,1,3-5H3/b18-12+,19-16-,20-13?. The first-order valence-electron chi connectivity index (χ1n) is 7.15. The second-order valence-electron chi connectivity index (χ2n) is 5.27. The zero-order chi connectivity index (χ0) is 15.1. The van der Waals surface area contributed by atoms with Crippen LogP contribution in [0.5, 0.6) is 0 Å². The third-order valence-corrected chi connectivity index (χ3v) is 3.70. The van der Waals surface area contributed by atoms with Gasteiger partial charge in [0.2, 0.25) is 0 Å². The molecule has 0 saturated heterocycles. The van der Waals surface area contributed by atoms with Crippen LogP contribution < -0.4 is 0 Å². The van der Waals surface area contributed by atoms with Crippen LogP contribution in [0.2, 0.25) is 0 Å². The van der Waals surface area contributed by atoms with Crippen molar-refractivity contribution >= 4 is 11.8 Å². The summed E-state index contributed by atoms with van der Waals surface area (Å²) < 4.78 is 0. The van der Waals surface area contributed by atoms with E-state index in [4.69, 9.17) is 5.41 Å². The van der Waals surface area contributed by atoms with Gasteiger partial charge >= 0.3 is 0 Å². The van der Waals surface area contributed by atoms with Gasteiger partial charge in [-0.1, -0.05) is 56.3 Å². The van der Waals surface area contributed by atoms with Crippen LogP contribution in [0.15, 0.2) is 54.1 Å². The molecule has 0 radical (unpaired) electrons. The van der Waals surface area contributed by atoms with Crippen LogP contribution in [0.4, 0.5) is 0 Å². The Balaban J connectivity index is 3.26. The molecule has 0 heterocycles. The van der Waals surface area contributed by atoms with Crippen LogP contribution in [-0.2, 0) is 0 Å². The van der Waals surface area contributed by atoms with E-state index in [2.05, 4.69) is 52.5 Å². The SMILES string of the molecule is C=C/C(=C(C)/C=C(\C=N)c1cccc(C)c1)C(C)CC. The number of hydrogen-bond donors (Lipinski definition) is 1. The van der Waals surface area contributed by atoms with Crippen LogP contribution in [0.3, 0.4) is 0 Å². The smallest absolute Gasteiger partial charge is 0.0256 e. The van der Waals surface area contributed by atoms with Gasteiger partial charge in [-0.25, -0.2) is 0 Å². The van der Waals surface area contributed by atoms with Gasteiger partial charge < -0.3 is 5.41 Å². The lowest BCUT2D eigenvalue weighted by Gasteiger charge is -2.13. The third kappa shape index (κ3) is 4.06. The monoisotopic (exact) mass is 267 g/mol. The lowest BCUT2D eigenvalue weighted by Crippen LogP contribution is -1.98. The summed E-state index contributed by atoms with van der Waals surface area (Å²) in [7, 11) is 0. The summed E-state index contributed by atoms with van der Waals surface area (Å²) in [5.41, 5.74) is 5.69. The molecule has 1 nitrogen and oxygen atoms in total. The molecule has 0 saturated carbocycles. The quantitative estimate of drug-likeness (QED) is 0.514. The van der Waals surface area contributed by atoms with Gasteiger partial charge in [-0.05, 0) is 54.5 Å². The molecule has 0 aromatic heterocycles. The Labute approximate surface area is 123 Å². The molecule has 1 atom stereocenters. The van der Waals surface area contributed by atoms with Gasteiger partial charge in [0.15, 0.2) is 0 Å². The van der Waals surface area contributed by atoms with Crippen molar-refractivity contribution in [2.45, 2.75) is 34.1 Å². The normalized spacial score (nSPS) is 14.5. The minimum absolute atomic E-state index is 0.494. The summed E-state index contributed by atoms with van der Waals surface area (Å²) in [5.74, 6) is 0.494. The van der Waals surface area contributed by atoms with Gasteiger partial charge in [0.1, 0.15) is 0 Å². The molecule has 0 aliphatic carbocycles. The van der Waals surface area contributed by atoms with Crippen molar-refractivity contribution in [3.8, 4) is 0 Å². The lowest BCUT2D eigenvalue weighted by molar-refractivity contribution is 0.666. The first kappa shape index (κ1) is 16.2. The Bertz CT molecular complexity index is 547. The molecule has 1 aromatic carbocycles. The molecule has 0 aliphatic rings. The molecule has 1 rings (SSSR count). The third-order valence-electron chi connectivity index (χ3n) is 3.70. The molecule has 0 spiro atoms. The van der Waals surface area contributed by atoms with Crippen LogP contribution in [0.1, 0.15) is 38.3 Å². The fraction of sp³-hybridized carbons (Fsp3) is 0.316. The van der Waals surface area contributed by atoms with Crippen molar-refractivity contribution in [2.75, 3.05) is 0 Å². The van der Waals surface area contributed by atoms with E-state index in [-0.39, 0.29) is 0 Å². The number of benzene rings is 1. The maximum Gasteiger partial charge on any atom is 0.0256 e. The number of hydrogen-bond acceptors (Lipinski definition) is 1. The van der Waals surface area contributed by atoms with Crippen molar-refractivity contribution in [3.05, 3.63) is 65.3 Å². The van der Waals surface area contributed by atoms with Crippen molar-refractivity contribution in [2.24, 2.45) is 5.92 Å². The summed E-state index contributed by atoms with van der Waals surface area (Å²) in [6, 6.07) is 8.27. The van der Waals surface area contributed by atoms with Gasteiger partial charge in [0, 0.05) is 6.21 Å². The number of nitrogens with one attached hydrogen (secondary N) is 1.